The molecule has 0 amide bonds. The molecule has 91 valence electrons. The van der Waals surface area contributed by atoms with Crippen molar-refractivity contribution in [1.29, 1.82) is 0 Å². The Balaban J connectivity index is 3.40. The van der Waals surface area contributed by atoms with Gasteiger partial charge >= 0.3 is 0 Å². The average Bonchev–Trinajstić information content (AvgIpc) is 2.25. The lowest BCUT2D eigenvalue weighted by molar-refractivity contribution is -0.110. The van der Waals surface area contributed by atoms with Crippen molar-refractivity contribution in [2.45, 2.75) is 19.8 Å². The van der Waals surface area contributed by atoms with Crippen LogP contribution in [0.1, 0.15) is 25.3 Å². The van der Waals surface area contributed by atoms with Gasteiger partial charge in [0.1, 0.15) is 6.29 Å². The maximum absolute atomic E-state index is 11.3. The van der Waals surface area contributed by atoms with Crippen molar-refractivity contribution < 1.29 is 9.59 Å². The summed E-state index contributed by atoms with van der Waals surface area (Å²) in [6, 6.07) is 4.01. The minimum atomic E-state index is -0.796. The summed E-state index contributed by atoms with van der Waals surface area (Å²) in [4.78, 5) is 22.3. The zero-order chi connectivity index (χ0) is 13.2. The Labute approximate surface area is 142 Å². The number of hydrogen-bond donors (Lipinski definition) is 0. The van der Waals surface area contributed by atoms with Crippen LogP contribution in [0.2, 0.25) is 0 Å². The second kappa shape index (κ2) is 6.27. The van der Waals surface area contributed by atoms with E-state index in [1.807, 2.05) is 18.4 Å². The molecule has 1 atom stereocenters. The Morgan fingerprint density at radius 1 is 1.29 bits per heavy atom. The molecule has 0 fully saturated rings. The highest BCUT2D eigenvalue weighted by Gasteiger charge is 2.33. The molecule has 0 heterocycles. The van der Waals surface area contributed by atoms with Crippen molar-refractivity contribution in [2.75, 3.05) is 0 Å². The molecule has 0 N–H and O–H groups in total. The summed E-state index contributed by atoms with van der Waals surface area (Å²) in [6.45, 7) is 3.48. The molecule has 0 saturated carbocycles. The van der Waals surface area contributed by atoms with Crippen LogP contribution in [0.15, 0.2) is 12.1 Å². The molecule has 0 aliphatic carbocycles. The molecule has 1 unspecified atom stereocenters. The molecular formula is C12H10I3O2. The first-order valence-electron chi connectivity index (χ1n) is 4.82. The molecule has 1 rings (SSSR count). The highest BCUT2D eigenvalue weighted by Crippen LogP contribution is 2.36. The van der Waals surface area contributed by atoms with E-state index < -0.39 is 11.3 Å². The van der Waals surface area contributed by atoms with Gasteiger partial charge in [-0.15, -0.1) is 0 Å². The van der Waals surface area contributed by atoms with E-state index in [1.54, 1.807) is 13.8 Å². The van der Waals surface area contributed by atoms with Crippen LogP contribution in [0, 0.1) is 16.1 Å². The van der Waals surface area contributed by atoms with E-state index in [-0.39, 0.29) is 0 Å². The van der Waals surface area contributed by atoms with Crippen molar-refractivity contribution in [3.8, 4) is 0 Å². The molecular weight excluding hydrogens is 557 g/mol. The quantitative estimate of drug-likeness (QED) is 0.315. The van der Waals surface area contributed by atoms with Crippen LogP contribution in [0.25, 0.3) is 0 Å². The van der Waals surface area contributed by atoms with Gasteiger partial charge in [0, 0.05) is 16.1 Å². The minimum Gasteiger partial charge on any atom is -0.303 e. The van der Waals surface area contributed by atoms with Crippen molar-refractivity contribution in [2.24, 2.45) is 5.41 Å². The Morgan fingerprint density at radius 2 is 1.88 bits per heavy atom. The first kappa shape index (κ1) is 15.8. The maximum atomic E-state index is 11.3. The molecule has 17 heavy (non-hydrogen) atoms. The van der Waals surface area contributed by atoms with Crippen LogP contribution in [-0.2, 0) is 9.59 Å². The summed E-state index contributed by atoms with van der Waals surface area (Å²) in [5.74, 6) is -0.449. The van der Waals surface area contributed by atoms with Gasteiger partial charge in [-0.1, -0.05) is 13.8 Å². The summed E-state index contributed by atoms with van der Waals surface area (Å²) in [5.41, 5.74) is 0.111. The highest BCUT2D eigenvalue weighted by atomic mass is 127. The van der Waals surface area contributed by atoms with E-state index in [0.717, 1.165) is 22.6 Å². The molecule has 0 aromatic heterocycles. The van der Waals surface area contributed by atoms with Gasteiger partial charge in [0.15, 0.2) is 0 Å². The second-order valence-electron chi connectivity index (χ2n) is 4.23. The SMILES string of the molecule is CC(C)([C]=O)C(C=O)c1cc(I)cc(I)c1I. The van der Waals surface area contributed by atoms with Crippen molar-refractivity contribution in [1.82, 2.24) is 0 Å². The van der Waals surface area contributed by atoms with Gasteiger partial charge in [-0.05, 0) is 85.5 Å². The molecule has 0 aliphatic rings. The van der Waals surface area contributed by atoms with Gasteiger partial charge in [-0.3, -0.25) is 4.79 Å². The largest absolute Gasteiger partial charge is 0.303 e. The zero-order valence-corrected chi connectivity index (χ0v) is 15.7. The van der Waals surface area contributed by atoms with E-state index in [9.17, 15) is 9.59 Å². The third-order valence-corrected chi connectivity index (χ3v) is 6.24. The third kappa shape index (κ3) is 3.62. The molecule has 5 heteroatoms. The molecule has 0 bridgehead atoms. The fourth-order valence-electron chi connectivity index (χ4n) is 1.50. The van der Waals surface area contributed by atoms with Gasteiger partial charge in [-0.25, -0.2) is 0 Å². The normalized spacial score (nSPS) is 13.2. The zero-order valence-electron chi connectivity index (χ0n) is 9.26. The standard InChI is InChI=1S/C12H10I3O2/c1-12(2,6-17)9(5-16)8-3-7(13)4-10(14)11(8)15/h3-5,9H,1-2H3. The van der Waals surface area contributed by atoms with Crippen molar-refractivity contribution in [3.05, 3.63) is 28.4 Å². The lowest BCUT2D eigenvalue weighted by Gasteiger charge is -2.25. The smallest absolute Gasteiger partial charge is 0.205 e. The number of rotatable bonds is 4. The Hall–Kier alpha value is 0.750. The highest BCUT2D eigenvalue weighted by molar-refractivity contribution is 14.1. The van der Waals surface area contributed by atoms with Crippen molar-refractivity contribution in [3.63, 3.8) is 0 Å². The lowest BCUT2D eigenvalue weighted by atomic mass is 9.77. The first-order valence-corrected chi connectivity index (χ1v) is 8.06. The minimum absolute atomic E-state index is 0.449. The molecule has 1 aromatic carbocycles. The summed E-state index contributed by atoms with van der Waals surface area (Å²) >= 11 is 6.67. The van der Waals surface area contributed by atoms with E-state index in [2.05, 4.69) is 67.8 Å². The molecule has 2 nitrogen and oxygen atoms in total. The Kier molecular flexibility index (Phi) is 5.83. The average molecular weight is 567 g/mol. The van der Waals surface area contributed by atoms with Crippen LogP contribution < -0.4 is 0 Å². The van der Waals surface area contributed by atoms with Gasteiger partial charge in [0.05, 0.1) is 5.92 Å². The van der Waals surface area contributed by atoms with Gasteiger partial charge in [0.25, 0.3) is 0 Å². The number of carbonyl (C=O) groups excluding carboxylic acids is 2. The van der Waals surface area contributed by atoms with E-state index >= 15 is 0 Å². The Morgan fingerprint density at radius 3 is 2.35 bits per heavy atom. The van der Waals surface area contributed by atoms with Gasteiger partial charge in [0.2, 0.25) is 6.29 Å². The van der Waals surface area contributed by atoms with Crippen LogP contribution in [0.5, 0.6) is 0 Å². The van der Waals surface area contributed by atoms with Crippen molar-refractivity contribution >= 4 is 80.3 Å². The molecule has 0 aliphatic heterocycles. The molecule has 0 saturated heterocycles. The number of hydrogen-bond acceptors (Lipinski definition) is 2. The second-order valence-corrected chi connectivity index (χ2v) is 7.71. The first-order chi connectivity index (χ1) is 7.83. The topological polar surface area (TPSA) is 34.1 Å². The fourth-order valence-corrected chi connectivity index (χ4v) is 4.03. The van der Waals surface area contributed by atoms with E-state index in [1.165, 1.54) is 0 Å². The maximum Gasteiger partial charge on any atom is 0.205 e. The lowest BCUT2D eigenvalue weighted by Crippen LogP contribution is -2.26. The molecule has 0 spiro atoms. The predicted molar refractivity (Wildman–Crippen MR) is 92.9 cm³/mol. The summed E-state index contributed by atoms with van der Waals surface area (Å²) in [5, 5.41) is 0. The third-order valence-electron chi connectivity index (χ3n) is 2.53. The summed E-state index contributed by atoms with van der Waals surface area (Å²) < 4.78 is 3.19. The Bertz CT molecular complexity index is 455. The fraction of sp³-hybridized carbons (Fsp3) is 0.333. The van der Waals surface area contributed by atoms with Crippen LogP contribution in [0.3, 0.4) is 0 Å². The van der Waals surface area contributed by atoms with E-state index in [4.69, 9.17) is 0 Å². The van der Waals surface area contributed by atoms with Crippen LogP contribution >= 0.6 is 67.8 Å². The predicted octanol–water partition coefficient (Wildman–Crippen LogP) is 3.92. The monoisotopic (exact) mass is 567 g/mol. The number of halogens is 3. The summed E-state index contributed by atoms with van der Waals surface area (Å²) in [6.07, 6.45) is 2.81. The number of carbonyl (C=O) groups is 1. The number of aldehydes is 1. The summed E-state index contributed by atoms with van der Waals surface area (Å²) in [7, 11) is 0. The van der Waals surface area contributed by atoms with Crippen LogP contribution in [0.4, 0.5) is 0 Å². The molecule has 1 aromatic rings. The molecule has 1 radical (unpaired) electrons. The van der Waals surface area contributed by atoms with Gasteiger partial charge in [-0.2, -0.15) is 0 Å². The van der Waals surface area contributed by atoms with Crippen LogP contribution in [-0.4, -0.2) is 12.6 Å². The van der Waals surface area contributed by atoms with Gasteiger partial charge < -0.3 is 4.79 Å². The van der Waals surface area contributed by atoms with E-state index in [0.29, 0.717) is 0 Å². The number of benzene rings is 1.